The van der Waals surface area contributed by atoms with E-state index < -0.39 is 6.04 Å². The van der Waals surface area contributed by atoms with Crippen molar-refractivity contribution in [1.29, 1.82) is 0 Å². The molecule has 1 unspecified atom stereocenters. The Morgan fingerprint density at radius 3 is 2.62 bits per heavy atom. The van der Waals surface area contributed by atoms with E-state index in [0.717, 1.165) is 6.29 Å². The van der Waals surface area contributed by atoms with Gasteiger partial charge in [0.15, 0.2) is 0 Å². The second-order valence-corrected chi connectivity index (χ2v) is 2.81. The molecule has 0 aliphatic heterocycles. The summed E-state index contributed by atoms with van der Waals surface area (Å²) >= 11 is 5.23. The molecule has 0 aliphatic rings. The molecule has 0 rings (SSSR count). The third-order valence-electron chi connectivity index (χ3n) is 1.47. The summed E-state index contributed by atoms with van der Waals surface area (Å²) in [6.07, 6.45) is 2.90. The van der Waals surface area contributed by atoms with Gasteiger partial charge in [-0.1, -0.05) is 0 Å². The van der Waals surface area contributed by atoms with Crippen molar-refractivity contribution in [1.82, 2.24) is 5.32 Å². The highest BCUT2D eigenvalue weighted by molar-refractivity contribution is 6.27. The monoisotopic (exact) mass is 205 g/mol. The first-order valence-electron chi connectivity index (χ1n) is 3.98. The molecule has 0 aromatic heterocycles. The zero-order valence-corrected chi connectivity index (χ0v) is 7.92. The first-order valence-corrected chi connectivity index (χ1v) is 4.52. The van der Waals surface area contributed by atoms with Crippen LogP contribution in [0.4, 0.5) is 0 Å². The number of halogens is 1. The van der Waals surface area contributed by atoms with Gasteiger partial charge in [-0.2, -0.15) is 0 Å². The minimum atomic E-state index is -0.522. The van der Waals surface area contributed by atoms with E-state index in [1.165, 1.54) is 0 Å². The Bertz CT molecular complexity index is 184. The van der Waals surface area contributed by atoms with Crippen molar-refractivity contribution >= 4 is 30.1 Å². The smallest absolute Gasteiger partial charge is 0.235 e. The number of rotatable bonds is 7. The molecule has 13 heavy (non-hydrogen) atoms. The van der Waals surface area contributed by atoms with Crippen LogP contribution in [0.25, 0.3) is 0 Å². The number of amides is 1. The number of unbranched alkanes of at least 4 members (excludes halogenated alkanes) is 1. The predicted molar refractivity (Wildman–Crippen MR) is 48.6 cm³/mol. The predicted octanol–water partition coefficient (Wildman–Crippen LogP) is 0.278. The topological polar surface area (TPSA) is 63.2 Å². The van der Waals surface area contributed by atoms with Crippen LogP contribution >= 0.6 is 11.6 Å². The molecular formula is C8H12ClNO3. The molecular weight excluding hydrogens is 194 g/mol. The Morgan fingerprint density at radius 1 is 1.46 bits per heavy atom. The molecule has 0 fully saturated rings. The van der Waals surface area contributed by atoms with Gasteiger partial charge in [0.25, 0.3) is 0 Å². The average Bonchev–Trinajstić information content (AvgIpc) is 2.16. The maximum atomic E-state index is 10.7. The molecule has 0 saturated carbocycles. The molecule has 1 N–H and O–H groups in total. The minimum absolute atomic E-state index is 0.155. The lowest BCUT2D eigenvalue weighted by Crippen LogP contribution is -2.36. The molecule has 1 atom stereocenters. The summed E-state index contributed by atoms with van der Waals surface area (Å²) in [6.45, 7) is 0. The molecule has 4 nitrogen and oxygen atoms in total. The lowest BCUT2D eigenvalue weighted by Gasteiger charge is -2.09. The largest absolute Gasteiger partial charge is 0.346 e. The molecule has 0 aromatic rings. The molecule has 0 radical (unpaired) electrons. The van der Waals surface area contributed by atoms with Crippen LogP contribution in [0.1, 0.15) is 19.3 Å². The molecule has 1 amide bonds. The number of hydrogen-bond donors (Lipinski definition) is 1. The van der Waals surface area contributed by atoms with Crippen molar-refractivity contribution in [2.45, 2.75) is 25.3 Å². The summed E-state index contributed by atoms with van der Waals surface area (Å²) < 4.78 is 0. The van der Waals surface area contributed by atoms with E-state index in [9.17, 15) is 14.4 Å². The SMILES string of the molecule is O=CCCCC(C=O)NC(=O)CCl. The molecule has 0 bridgehead atoms. The van der Waals surface area contributed by atoms with Gasteiger partial charge in [0, 0.05) is 6.42 Å². The van der Waals surface area contributed by atoms with Gasteiger partial charge in [-0.15, -0.1) is 11.6 Å². The number of carbonyl (C=O) groups excluding carboxylic acids is 3. The van der Waals surface area contributed by atoms with E-state index in [4.69, 9.17) is 11.6 Å². The van der Waals surface area contributed by atoms with Crippen LogP contribution in [0.3, 0.4) is 0 Å². The van der Waals surface area contributed by atoms with E-state index in [1.54, 1.807) is 0 Å². The van der Waals surface area contributed by atoms with Crippen molar-refractivity contribution in [3.63, 3.8) is 0 Å². The second kappa shape index (κ2) is 7.73. The fourth-order valence-electron chi connectivity index (χ4n) is 0.841. The van der Waals surface area contributed by atoms with E-state index in [0.29, 0.717) is 25.5 Å². The Morgan fingerprint density at radius 2 is 2.15 bits per heavy atom. The first-order chi connectivity index (χ1) is 6.24. The molecule has 0 aliphatic carbocycles. The highest BCUT2D eigenvalue weighted by Crippen LogP contribution is 1.97. The number of hydrogen-bond acceptors (Lipinski definition) is 3. The maximum Gasteiger partial charge on any atom is 0.235 e. The van der Waals surface area contributed by atoms with Crippen LogP contribution in [0.15, 0.2) is 0 Å². The summed E-state index contributed by atoms with van der Waals surface area (Å²) in [4.78, 5) is 31.1. The normalized spacial score (nSPS) is 11.8. The van der Waals surface area contributed by atoms with Gasteiger partial charge < -0.3 is 14.9 Å². The lowest BCUT2D eigenvalue weighted by molar-refractivity contribution is -0.122. The Labute approximate surface area is 81.6 Å². The lowest BCUT2D eigenvalue weighted by atomic mass is 10.1. The summed E-state index contributed by atoms with van der Waals surface area (Å²) in [6, 6.07) is -0.522. The number of nitrogens with one attached hydrogen (secondary N) is 1. The highest BCUT2D eigenvalue weighted by Gasteiger charge is 2.09. The summed E-state index contributed by atoms with van der Waals surface area (Å²) in [5.74, 6) is -0.525. The standard InChI is InChI=1S/C8H12ClNO3/c9-5-8(13)10-7(6-12)3-1-2-4-11/h4,6-7H,1-3,5H2,(H,10,13). The molecule has 0 saturated heterocycles. The van der Waals surface area contributed by atoms with Crippen molar-refractivity contribution in [3.8, 4) is 0 Å². The van der Waals surface area contributed by atoms with Gasteiger partial charge >= 0.3 is 0 Å². The van der Waals surface area contributed by atoms with Gasteiger partial charge in [0.2, 0.25) is 5.91 Å². The second-order valence-electron chi connectivity index (χ2n) is 2.54. The number of aldehydes is 2. The third-order valence-corrected chi connectivity index (χ3v) is 1.71. The van der Waals surface area contributed by atoms with Crippen LogP contribution in [0.2, 0.25) is 0 Å². The van der Waals surface area contributed by atoms with Gasteiger partial charge in [-0.25, -0.2) is 0 Å². The first kappa shape index (κ1) is 12.1. The van der Waals surface area contributed by atoms with Crippen LogP contribution in [0, 0.1) is 0 Å². The Balaban J connectivity index is 3.68. The number of carbonyl (C=O) groups is 3. The number of alkyl halides is 1. The quantitative estimate of drug-likeness (QED) is 0.369. The van der Waals surface area contributed by atoms with Crippen molar-refractivity contribution in [3.05, 3.63) is 0 Å². The molecule has 0 heterocycles. The summed E-state index contributed by atoms with van der Waals surface area (Å²) in [5.41, 5.74) is 0. The average molecular weight is 206 g/mol. The zero-order chi connectivity index (χ0) is 10.1. The van der Waals surface area contributed by atoms with E-state index >= 15 is 0 Å². The van der Waals surface area contributed by atoms with Gasteiger partial charge in [0.1, 0.15) is 18.5 Å². The molecule has 74 valence electrons. The third kappa shape index (κ3) is 6.28. The van der Waals surface area contributed by atoms with Gasteiger partial charge in [-0.05, 0) is 12.8 Å². The van der Waals surface area contributed by atoms with E-state index in [-0.39, 0.29) is 11.8 Å². The van der Waals surface area contributed by atoms with Crippen LogP contribution in [-0.2, 0) is 14.4 Å². The fraction of sp³-hybridized carbons (Fsp3) is 0.625. The van der Waals surface area contributed by atoms with E-state index in [2.05, 4.69) is 5.32 Å². The van der Waals surface area contributed by atoms with Crippen LogP contribution < -0.4 is 5.32 Å². The maximum absolute atomic E-state index is 10.7. The molecule has 0 spiro atoms. The van der Waals surface area contributed by atoms with Crippen molar-refractivity contribution in [2.24, 2.45) is 0 Å². The molecule has 0 aromatic carbocycles. The van der Waals surface area contributed by atoms with Crippen molar-refractivity contribution < 1.29 is 14.4 Å². The van der Waals surface area contributed by atoms with Gasteiger partial charge in [-0.3, -0.25) is 4.79 Å². The highest BCUT2D eigenvalue weighted by atomic mass is 35.5. The fourth-order valence-corrected chi connectivity index (χ4v) is 0.918. The molecule has 5 heteroatoms. The zero-order valence-electron chi connectivity index (χ0n) is 7.16. The van der Waals surface area contributed by atoms with Crippen LogP contribution in [-0.4, -0.2) is 30.4 Å². The Kier molecular flexibility index (Phi) is 7.20. The van der Waals surface area contributed by atoms with Crippen molar-refractivity contribution in [2.75, 3.05) is 5.88 Å². The van der Waals surface area contributed by atoms with Gasteiger partial charge in [0.05, 0.1) is 6.04 Å². The Hall–Kier alpha value is -0.900. The summed E-state index contributed by atoms with van der Waals surface area (Å²) in [5, 5.41) is 2.42. The van der Waals surface area contributed by atoms with Crippen LogP contribution in [0.5, 0.6) is 0 Å². The van der Waals surface area contributed by atoms with E-state index in [1.807, 2.05) is 0 Å². The summed E-state index contributed by atoms with van der Waals surface area (Å²) in [7, 11) is 0. The minimum Gasteiger partial charge on any atom is -0.346 e.